The molecule has 0 aliphatic heterocycles. The molecule has 2 rings (SSSR count). The summed E-state index contributed by atoms with van der Waals surface area (Å²) in [5, 5.41) is 4.03. The van der Waals surface area contributed by atoms with Gasteiger partial charge in [-0.25, -0.2) is 9.67 Å². The van der Waals surface area contributed by atoms with E-state index in [1.54, 1.807) is 23.1 Å². The Morgan fingerprint density at radius 1 is 1.29 bits per heavy atom. The Morgan fingerprint density at radius 2 is 1.94 bits per heavy atom. The second-order valence-electron chi connectivity index (χ2n) is 4.24. The van der Waals surface area contributed by atoms with E-state index in [-0.39, 0.29) is 5.78 Å². The highest BCUT2D eigenvalue weighted by Gasteiger charge is 2.31. The molecule has 4 nitrogen and oxygen atoms in total. The Kier molecular flexibility index (Phi) is 3.11. The fourth-order valence-corrected chi connectivity index (χ4v) is 1.82. The maximum Gasteiger partial charge on any atom is 0.189 e. The number of rotatable bonds is 3. The van der Waals surface area contributed by atoms with Gasteiger partial charge in [0.25, 0.3) is 0 Å². The zero-order valence-corrected chi connectivity index (χ0v) is 11.2. The van der Waals surface area contributed by atoms with E-state index in [4.69, 9.17) is 0 Å². The fraction of sp³-hybridized carbons (Fsp3) is 0.250. The molecule has 0 saturated heterocycles. The Bertz CT molecular complexity index is 517. The van der Waals surface area contributed by atoms with Crippen molar-refractivity contribution < 1.29 is 4.79 Å². The first kappa shape index (κ1) is 12.0. The number of carbonyl (C=O) groups excluding carboxylic acids is 1. The summed E-state index contributed by atoms with van der Waals surface area (Å²) >= 11 is 3.34. The number of aromatic nitrogens is 3. The Morgan fingerprint density at radius 3 is 2.47 bits per heavy atom. The summed E-state index contributed by atoms with van der Waals surface area (Å²) in [5.41, 5.74) is -0.0710. The molecule has 0 fully saturated rings. The van der Waals surface area contributed by atoms with Crippen LogP contribution >= 0.6 is 15.9 Å². The zero-order valence-electron chi connectivity index (χ0n) is 9.59. The molecule has 0 spiro atoms. The summed E-state index contributed by atoms with van der Waals surface area (Å²) in [6.45, 7) is 3.65. The average molecular weight is 294 g/mol. The van der Waals surface area contributed by atoms with Crippen molar-refractivity contribution in [2.75, 3.05) is 0 Å². The van der Waals surface area contributed by atoms with Gasteiger partial charge in [-0.05, 0) is 26.0 Å². The standard InChI is InChI=1S/C12H12BrN3O/c1-12(2,16-8-14-7-15-16)11(17)9-3-5-10(13)6-4-9/h3-8H,1-2H3. The van der Waals surface area contributed by atoms with Crippen molar-refractivity contribution >= 4 is 21.7 Å². The van der Waals surface area contributed by atoms with Gasteiger partial charge in [0.15, 0.2) is 5.78 Å². The van der Waals surface area contributed by atoms with Gasteiger partial charge in [0.05, 0.1) is 0 Å². The maximum absolute atomic E-state index is 12.4. The summed E-state index contributed by atoms with van der Waals surface area (Å²) in [5.74, 6) is 0.00972. The molecule has 1 aromatic heterocycles. The first-order valence-corrected chi connectivity index (χ1v) is 5.96. The molecule has 1 heterocycles. The van der Waals surface area contributed by atoms with Crippen LogP contribution in [0.3, 0.4) is 0 Å². The van der Waals surface area contributed by atoms with E-state index >= 15 is 0 Å². The number of ketones is 1. The highest BCUT2D eigenvalue weighted by Crippen LogP contribution is 2.21. The molecule has 2 aromatic rings. The van der Waals surface area contributed by atoms with Gasteiger partial charge in [-0.1, -0.05) is 28.1 Å². The third kappa shape index (κ3) is 2.29. The molecule has 0 aliphatic carbocycles. The van der Waals surface area contributed by atoms with E-state index in [0.29, 0.717) is 5.56 Å². The second-order valence-corrected chi connectivity index (χ2v) is 5.15. The summed E-state index contributed by atoms with van der Waals surface area (Å²) in [6.07, 6.45) is 2.98. The largest absolute Gasteiger partial charge is 0.291 e. The number of nitrogens with zero attached hydrogens (tertiary/aromatic N) is 3. The minimum absolute atomic E-state index is 0.00972. The average Bonchev–Trinajstić information content (AvgIpc) is 2.83. The molecule has 0 unspecified atom stereocenters. The third-order valence-electron chi connectivity index (χ3n) is 2.65. The number of Topliss-reactive ketones (excluding diaryl/α,β-unsaturated/α-hetero) is 1. The normalized spacial score (nSPS) is 11.5. The Labute approximate surface area is 108 Å². The van der Waals surface area contributed by atoms with Crippen LogP contribution in [0.15, 0.2) is 41.4 Å². The molecule has 88 valence electrons. The Hall–Kier alpha value is -1.49. The monoisotopic (exact) mass is 293 g/mol. The van der Waals surface area contributed by atoms with Crippen LogP contribution in [0.5, 0.6) is 0 Å². The molecule has 0 atom stereocenters. The predicted molar refractivity (Wildman–Crippen MR) is 67.8 cm³/mol. The van der Waals surface area contributed by atoms with Gasteiger partial charge in [0.1, 0.15) is 18.2 Å². The SMILES string of the molecule is CC(C)(C(=O)c1ccc(Br)cc1)n1cncn1. The molecular weight excluding hydrogens is 282 g/mol. The quantitative estimate of drug-likeness (QED) is 0.818. The van der Waals surface area contributed by atoms with Gasteiger partial charge in [-0.15, -0.1) is 0 Å². The number of hydrogen-bond donors (Lipinski definition) is 0. The summed E-state index contributed by atoms with van der Waals surface area (Å²) < 4.78 is 2.52. The van der Waals surface area contributed by atoms with Crippen molar-refractivity contribution in [1.82, 2.24) is 14.8 Å². The van der Waals surface area contributed by atoms with Crippen molar-refractivity contribution in [3.63, 3.8) is 0 Å². The number of benzene rings is 1. The van der Waals surface area contributed by atoms with E-state index in [2.05, 4.69) is 26.0 Å². The molecule has 0 amide bonds. The van der Waals surface area contributed by atoms with Crippen LogP contribution in [0.1, 0.15) is 24.2 Å². The first-order valence-electron chi connectivity index (χ1n) is 5.17. The lowest BCUT2D eigenvalue weighted by Crippen LogP contribution is -2.36. The van der Waals surface area contributed by atoms with E-state index in [9.17, 15) is 4.79 Å². The van der Waals surface area contributed by atoms with Crippen molar-refractivity contribution in [2.45, 2.75) is 19.4 Å². The van der Waals surface area contributed by atoms with E-state index in [1.165, 1.54) is 6.33 Å². The van der Waals surface area contributed by atoms with Crippen molar-refractivity contribution in [2.24, 2.45) is 0 Å². The van der Waals surface area contributed by atoms with Crippen LogP contribution in [0.2, 0.25) is 0 Å². The van der Waals surface area contributed by atoms with E-state index in [1.807, 2.05) is 26.0 Å². The van der Waals surface area contributed by atoms with Crippen molar-refractivity contribution in [3.8, 4) is 0 Å². The molecule has 1 aromatic carbocycles. The lowest BCUT2D eigenvalue weighted by molar-refractivity contribution is 0.0833. The van der Waals surface area contributed by atoms with Gasteiger partial charge >= 0.3 is 0 Å². The van der Waals surface area contributed by atoms with Gasteiger partial charge in [-0.3, -0.25) is 4.79 Å². The predicted octanol–water partition coefficient (Wildman–Crippen LogP) is 2.66. The minimum Gasteiger partial charge on any atom is -0.291 e. The summed E-state index contributed by atoms with van der Waals surface area (Å²) in [7, 11) is 0. The smallest absolute Gasteiger partial charge is 0.189 e. The topological polar surface area (TPSA) is 47.8 Å². The van der Waals surface area contributed by atoms with Crippen LogP contribution in [0, 0.1) is 0 Å². The summed E-state index contributed by atoms with van der Waals surface area (Å²) in [4.78, 5) is 16.2. The highest BCUT2D eigenvalue weighted by molar-refractivity contribution is 9.10. The van der Waals surface area contributed by atoms with Gasteiger partial charge < -0.3 is 0 Å². The van der Waals surface area contributed by atoms with E-state index < -0.39 is 5.54 Å². The van der Waals surface area contributed by atoms with Crippen LogP contribution in [0.25, 0.3) is 0 Å². The second kappa shape index (κ2) is 4.41. The fourth-order valence-electron chi connectivity index (χ4n) is 1.56. The summed E-state index contributed by atoms with van der Waals surface area (Å²) in [6, 6.07) is 7.30. The number of hydrogen-bond acceptors (Lipinski definition) is 3. The molecule has 0 aliphatic rings. The molecule has 17 heavy (non-hydrogen) atoms. The molecule has 5 heteroatoms. The number of carbonyl (C=O) groups is 1. The van der Waals surface area contributed by atoms with Gasteiger partial charge in [0, 0.05) is 10.0 Å². The van der Waals surface area contributed by atoms with Crippen molar-refractivity contribution in [3.05, 3.63) is 47.0 Å². The lowest BCUT2D eigenvalue weighted by atomic mass is 9.93. The molecule has 0 radical (unpaired) electrons. The molecule has 0 saturated carbocycles. The van der Waals surface area contributed by atoms with Crippen LogP contribution < -0.4 is 0 Å². The Balaban J connectivity index is 2.34. The molecule has 0 N–H and O–H groups in total. The first-order chi connectivity index (χ1) is 8.01. The molecule has 0 bridgehead atoms. The highest BCUT2D eigenvalue weighted by atomic mass is 79.9. The van der Waals surface area contributed by atoms with E-state index in [0.717, 1.165) is 4.47 Å². The lowest BCUT2D eigenvalue weighted by Gasteiger charge is -2.23. The van der Waals surface area contributed by atoms with Crippen LogP contribution in [0.4, 0.5) is 0 Å². The van der Waals surface area contributed by atoms with Gasteiger partial charge in [0.2, 0.25) is 0 Å². The number of halogens is 1. The van der Waals surface area contributed by atoms with Crippen LogP contribution in [-0.4, -0.2) is 20.5 Å². The maximum atomic E-state index is 12.4. The van der Waals surface area contributed by atoms with Crippen molar-refractivity contribution in [1.29, 1.82) is 0 Å². The van der Waals surface area contributed by atoms with Gasteiger partial charge in [-0.2, -0.15) is 5.10 Å². The minimum atomic E-state index is -0.732. The zero-order chi connectivity index (χ0) is 12.5. The third-order valence-corrected chi connectivity index (χ3v) is 3.18. The molecular formula is C12H12BrN3O. The van der Waals surface area contributed by atoms with Crippen LogP contribution in [-0.2, 0) is 5.54 Å².